The Hall–Kier alpha value is -1.47. The van der Waals surface area contributed by atoms with Crippen LogP contribution in [0, 0.1) is 0 Å². The van der Waals surface area contributed by atoms with Gasteiger partial charge in [0.1, 0.15) is 11.5 Å². The molecule has 0 bridgehead atoms. The smallest absolute Gasteiger partial charge is 0.257 e. The monoisotopic (exact) mass is 326 g/mol. The number of benzene rings is 1. The van der Waals surface area contributed by atoms with Crippen LogP contribution in [0.15, 0.2) is 18.2 Å². The number of thiocarbonyl (C=S) groups is 1. The summed E-state index contributed by atoms with van der Waals surface area (Å²) in [5.74, 6) is -0.468. The number of phenolic OH excluding ortho intramolecular Hbond substituents is 2. The number of amides is 1. The lowest BCUT2D eigenvalue weighted by molar-refractivity contribution is 0.0715. The van der Waals surface area contributed by atoms with Crippen LogP contribution in [-0.2, 0) is 0 Å². The minimum Gasteiger partial charge on any atom is -0.508 e. The molecule has 114 valence electrons. The zero-order chi connectivity index (χ0) is 15.6. The van der Waals surface area contributed by atoms with Gasteiger partial charge in [0.2, 0.25) is 0 Å². The zero-order valence-electron chi connectivity index (χ0n) is 11.7. The van der Waals surface area contributed by atoms with Gasteiger partial charge in [0.05, 0.1) is 15.3 Å². The van der Waals surface area contributed by atoms with Gasteiger partial charge in [0.25, 0.3) is 5.91 Å². The van der Waals surface area contributed by atoms with Crippen LogP contribution in [0.25, 0.3) is 0 Å². The van der Waals surface area contributed by atoms with E-state index >= 15 is 0 Å². The Labute approximate surface area is 133 Å². The van der Waals surface area contributed by atoms with Gasteiger partial charge in [-0.1, -0.05) is 12.2 Å². The number of carbonyl (C=O) groups excluding carboxylic acids is 1. The van der Waals surface area contributed by atoms with Gasteiger partial charge in [-0.3, -0.25) is 4.79 Å². The number of hydrogen-bond acceptors (Lipinski definition) is 5. The van der Waals surface area contributed by atoms with Crippen molar-refractivity contribution in [1.82, 2.24) is 4.90 Å². The highest BCUT2D eigenvalue weighted by molar-refractivity contribution is 8.02. The fourth-order valence-corrected chi connectivity index (χ4v) is 3.73. The molecule has 1 fully saturated rings. The Bertz CT molecular complexity index is 569. The SMILES string of the molecule is CSC1(C(N)=S)CCN(C(=O)c2cc(O)ccc2O)CC1. The van der Waals surface area contributed by atoms with Gasteiger partial charge in [-0.05, 0) is 37.3 Å². The number of thioether (sulfide) groups is 1. The van der Waals surface area contributed by atoms with E-state index in [9.17, 15) is 15.0 Å². The number of hydrogen-bond donors (Lipinski definition) is 3. The summed E-state index contributed by atoms with van der Waals surface area (Å²) in [4.78, 5) is 14.6. The first-order chi connectivity index (χ1) is 9.89. The third kappa shape index (κ3) is 3.08. The molecule has 5 nitrogen and oxygen atoms in total. The lowest BCUT2D eigenvalue weighted by Gasteiger charge is -2.40. The Balaban J connectivity index is 2.13. The highest BCUT2D eigenvalue weighted by Crippen LogP contribution is 2.36. The molecule has 1 amide bonds. The van der Waals surface area contributed by atoms with Gasteiger partial charge in [-0.15, -0.1) is 0 Å². The van der Waals surface area contributed by atoms with Crippen LogP contribution >= 0.6 is 24.0 Å². The summed E-state index contributed by atoms with van der Waals surface area (Å²) in [5.41, 5.74) is 5.94. The minimum absolute atomic E-state index is 0.0465. The predicted octanol–water partition coefficient (Wildman–Crippen LogP) is 1.72. The van der Waals surface area contributed by atoms with Crippen molar-refractivity contribution in [1.29, 1.82) is 0 Å². The molecule has 1 aromatic rings. The van der Waals surface area contributed by atoms with Crippen LogP contribution in [-0.4, -0.2) is 50.1 Å². The zero-order valence-corrected chi connectivity index (χ0v) is 13.3. The first kappa shape index (κ1) is 15.9. The molecule has 1 aliphatic rings. The van der Waals surface area contributed by atoms with E-state index in [4.69, 9.17) is 18.0 Å². The van der Waals surface area contributed by atoms with Crippen LogP contribution in [0.5, 0.6) is 11.5 Å². The molecular formula is C14H18N2O3S2. The third-order valence-electron chi connectivity index (χ3n) is 3.91. The molecule has 21 heavy (non-hydrogen) atoms. The second-order valence-corrected chi connectivity index (χ2v) is 6.69. The molecule has 0 spiro atoms. The average Bonchev–Trinajstić information content (AvgIpc) is 2.49. The molecule has 4 N–H and O–H groups in total. The quantitative estimate of drug-likeness (QED) is 0.579. The molecule has 7 heteroatoms. The number of rotatable bonds is 3. The molecule has 0 aromatic heterocycles. The van der Waals surface area contributed by atoms with Gasteiger partial charge in [-0.2, -0.15) is 11.8 Å². The number of aromatic hydroxyl groups is 2. The van der Waals surface area contributed by atoms with Crippen LogP contribution in [0.4, 0.5) is 0 Å². The Morgan fingerprint density at radius 3 is 2.52 bits per heavy atom. The lowest BCUT2D eigenvalue weighted by atomic mass is 9.95. The summed E-state index contributed by atoms with van der Waals surface area (Å²) in [6.07, 6.45) is 3.35. The summed E-state index contributed by atoms with van der Waals surface area (Å²) in [6, 6.07) is 3.93. The Morgan fingerprint density at radius 1 is 1.38 bits per heavy atom. The van der Waals surface area contributed by atoms with E-state index in [-0.39, 0.29) is 27.7 Å². The van der Waals surface area contributed by atoms with E-state index in [0.717, 1.165) is 0 Å². The number of carbonyl (C=O) groups is 1. The molecule has 1 saturated heterocycles. The third-order valence-corrected chi connectivity index (χ3v) is 5.84. The average molecular weight is 326 g/mol. The van der Waals surface area contributed by atoms with Crippen LogP contribution in [0.1, 0.15) is 23.2 Å². The first-order valence-electron chi connectivity index (χ1n) is 6.56. The lowest BCUT2D eigenvalue weighted by Crippen LogP contribution is -2.50. The van der Waals surface area contributed by atoms with Crippen molar-refractivity contribution in [2.24, 2.45) is 5.73 Å². The van der Waals surface area contributed by atoms with E-state index in [1.165, 1.54) is 18.2 Å². The van der Waals surface area contributed by atoms with Crippen molar-refractivity contribution in [2.45, 2.75) is 17.6 Å². The second kappa shape index (κ2) is 6.11. The normalized spacial score (nSPS) is 17.5. The highest BCUT2D eigenvalue weighted by atomic mass is 32.2. The van der Waals surface area contributed by atoms with Crippen LogP contribution < -0.4 is 5.73 Å². The molecule has 0 radical (unpaired) electrons. The highest BCUT2D eigenvalue weighted by Gasteiger charge is 2.38. The minimum atomic E-state index is -0.291. The van der Waals surface area contributed by atoms with Gasteiger partial charge >= 0.3 is 0 Å². The molecule has 0 aliphatic carbocycles. The summed E-state index contributed by atoms with van der Waals surface area (Å²) >= 11 is 6.77. The maximum atomic E-state index is 12.4. The van der Waals surface area contributed by atoms with E-state index in [0.29, 0.717) is 30.9 Å². The summed E-state index contributed by atoms with van der Waals surface area (Å²) in [6.45, 7) is 1.04. The fourth-order valence-electron chi connectivity index (χ4n) is 2.49. The number of piperidine rings is 1. The summed E-state index contributed by atoms with van der Waals surface area (Å²) < 4.78 is -0.257. The molecular weight excluding hydrogens is 308 g/mol. The summed E-state index contributed by atoms with van der Waals surface area (Å²) in [5, 5.41) is 19.2. The molecule has 2 rings (SSSR count). The van der Waals surface area contributed by atoms with Gasteiger partial charge in [0.15, 0.2) is 0 Å². The largest absolute Gasteiger partial charge is 0.508 e. The molecule has 0 saturated carbocycles. The molecule has 0 unspecified atom stereocenters. The Morgan fingerprint density at radius 2 is 2.00 bits per heavy atom. The first-order valence-corrected chi connectivity index (χ1v) is 8.19. The van der Waals surface area contributed by atoms with Crippen molar-refractivity contribution >= 4 is 34.9 Å². The van der Waals surface area contributed by atoms with Crippen LogP contribution in [0.2, 0.25) is 0 Å². The predicted molar refractivity (Wildman–Crippen MR) is 87.9 cm³/mol. The molecule has 1 aliphatic heterocycles. The number of phenols is 2. The van der Waals surface area contributed by atoms with Crippen molar-refractivity contribution < 1.29 is 15.0 Å². The molecule has 0 atom stereocenters. The van der Waals surface area contributed by atoms with E-state index in [2.05, 4.69) is 0 Å². The standard InChI is InChI=1S/C14H18N2O3S2/c1-21-14(13(15)20)4-6-16(7-5-14)12(19)10-8-9(17)2-3-11(10)18/h2-3,8,17-18H,4-7H2,1H3,(H2,15,20). The van der Waals surface area contributed by atoms with Crippen molar-refractivity contribution in [3.05, 3.63) is 23.8 Å². The number of nitrogens with two attached hydrogens (primary N) is 1. The van der Waals surface area contributed by atoms with Crippen molar-refractivity contribution in [3.8, 4) is 11.5 Å². The molecule has 1 aromatic carbocycles. The second-order valence-electron chi connectivity index (χ2n) is 5.06. The van der Waals surface area contributed by atoms with Crippen molar-refractivity contribution in [3.63, 3.8) is 0 Å². The topological polar surface area (TPSA) is 86.8 Å². The number of nitrogens with zero attached hydrogens (tertiary/aromatic N) is 1. The number of likely N-dealkylation sites (tertiary alicyclic amines) is 1. The van der Waals surface area contributed by atoms with Crippen LogP contribution in [0.3, 0.4) is 0 Å². The van der Waals surface area contributed by atoms with E-state index in [1.807, 2.05) is 6.26 Å². The van der Waals surface area contributed by atoms with E-state index < -0.39 is 0 Å². The van der Waals surface area contributed by atoms with Gasteiger partial charge in [0, 0.05) is 13.1 Å². The maximum Gasteiger partial charge on any atom is 0.257 e. The maximum absolute atomic E-state index is 12.4. The van der Waals surface area contributed by atoms with Gasteiger partial charge < -0.3 is 20.8 Å². The molecule has 1 heterocycles. The van der Waals surface area contributed by atoms with Crippen molar-refractivity contribution in [2.75, 3.05) is 19.3 Å². The Kier molecular flexibility index (Phi) is 4.63. The van der Waals surface area contributed by atoms with Gasteiger partial charge in [-0.25, -0.2) is 0 Å². The van der Waals surface area contributed by atoms with E-state index in [1.54, 1.807) is 16.7 Å². The fraction of sp³-hybridized carbons (Fsp3) is 0.429. The summed E-state index contributed by atoms with van der Waals surface area (Å²) in [7, 11) is 0.